The second kappa shape index (κ2) is 9.62. The van der Waals surface area contributed by atoms with Crippen LogP contribution in [0.15, 0.2) is 48.5 Å². The van der Waals surface area contributed by atoms with Crippen LogP contribution in [0, 0.1) is 0 Å². The van der Waals surface area contributed by atoms with Crippen LogP contribution in [0.25, 0.3) is 11.1 Å². The van der Waals surface area contributed by atoms with E-state index in [0.717, 1.165) is 35.1 Å². The largest absolute Gasteiger partial charge is 0.480 e. The summed E-state index contributed by atoms with van der Waals surface area (Å²) in [6, 6.07) is 14.9. The third-order valence-electron chi connectivity index (χ3n) is 6.51. The van der Waals surface area contributed by atoms with Gasteiger partial charge < -0.3 is 25.2 Å². The van der Waals surface area contributed by atoms with Crippen molar-refractivity contribution in [2.24, 2.45) is 0 Å². The number of benzene rings is 2. The lowest BCUT2D eigenvalue weighted by molar-refractivity contribution is -0.144. The molecule has 2 aromatic carbocycles. The van der Waals surface area contributed by atoms with Gasteiger partial charge in [-0.25, -0.2) is 9.59 Å². The quantitative estimate of drug-likeness (QED) is 0.567. The van der Waals surface area contributed by atoms with Gasteiger partial charge in [-0.3, -0.25) is 4.79 Å². The number of fused-ring (bicyclic) bond motifs is 3. The number of amides is 2. The summed E-state index contributed by atoms with van der Waals surface area (Å²) in [6.45, 7) is -0.0267. The molecule has 0 heterocycles. The zero-order valence-corrected chi connectivity index (χ0v) is 18.5. The fourth-order valence-electron chi connectivity index (χ4n) is 4.85. The Hall–Kier alpha value is -3.39. The van der Waals surface area contributed by atoms with Gasteiger partial charge in [0.05, 0.1) is 6.61 Å². The van der Waals surface area contributed by atoms with Crippen molar-refractivity contribution in [3.63, 3.8) is 0 Å². The third kappa shape index (κ3) is 4.57. The van der Waals surface area contributed by atoms with Gasteiger partial charge in [-0.1, -0.05) is 61.4 Å². The predicted molar refractivity (Wildman–Crippen MR) is 121 cm³/mol. The van der Waals surface area contributed by atoms with E-state index in [4.69, 9.17) is 9.47 Å². The molecule has 1 saturated carbocycles. The van der Waals surface area contributed by atoms with E-state index in [-0.39, 0.29) is 19.1 Å². The highest BCUT2D eigenvalue weighted by Gasteiger charge is 2.44. The van der Waals surface area contributed by atoms with Crippen LogP contribution in [-0.4, -0.2) is 55.0 Å². The SMILES string of the molecule is COCC(NC(=O)C1(NC(=O)OCC2c3ccccc3-c3ccccc32)CCCC1)C(=O)O. The number of carbonyl (C=O) groups excluding carboxylic acids is 2. The Bertz CT molecular complexity index is 1000. The van der Waals surface area contributed by atoms with Crippen molar-refractivity contribution in [3.8, 4) is 11.1 Å². The number of nitrogens with one attached hydrogen (secondary N) is 2. The molecule has 8 heteroatoms. The van der Waals surface area contributed by atoms with Crippen molar-refractivity contribution in [3.05, 3.63) is 59.7 Å². The van der Waals surface area contributed by atoms with Crippen LogP contribution in [0.2, 0.25) is 0 Å². The van der Waals surface area contributed by atoms with Gasteiger partial charge in [0.2, 0.25) is 5.91 Å². The first kappa shape index (κ1) is 22.8. The van der Waals surface area contributed by atoms with Crippen LogP contribution < -0.4 is 10.6 Å². The van der Waals surface area contributed by atoms with Gasteiger partial charge in [0.15, 0.2) is 6.04 Å². The number of carboxylic acids is 1. The van der Waals surface area contributed by atoms with E-state index >= 15 is 0 Å². The molecule has 0 spiro atoms. The van der Waals surface area contributed by atoms with E-state index in [2.05, 4.69) is 22.8 Å². The first-order chi connectivity index (χ1) is 15.9. The summed E-state index contributed by atoms with van der Waals surface area (Å²) < 4.78 is 10.5. The molecule has 2 amide bonds. The van der Waals surface area contributed by atoms with E-state index in [1.807, 2.05) is 36.4 Å². The van der Waals surface area contributed by atoms with E-state index in [9.17, 15) is 19.5 Å². The number of aliphatic carboxylic acids is 1. The molecular formula is C25H28N2O6. The summed E-state index contributed by atoms with van der Waals surface area (Å²) in [5, 5.41) is 14.6. The van der Waals surface area contributed by atoms with E-state index in [1.54, 1.807) is 0 Å². The number of carboxylic acid groups (broad SMARTS) is 1. The van der Waals surface area contributed by atoms with Gasteiger partial charge in [-0.15, -0.1) is 0 Å². The number of hydrogen-bond acceptors (Lipinski definition) is 5. The monoisotopic (exact) mass is 452 g/mol. The van der Waals surface area contributed by atoms with Crippen molar-refractivity contribution in [2.45, 2.75) is 43.2 Å². The second-order valence-corrected chi connectivity index (χ2v) is 8.56. The molecule has 174 valence electrons. The Morgan fingerprint density at radius 1 is 1.03 bits per heavy atom. The Morgan fingerprint density at radius 2 is 1.61 bits per heavy atom. The molecule has 3 N–H and O–H groups in total. The van der Waals surface area contributed by atoms with Gasteiger partial charge in [-0.05, 0) is 35.1 Å². The molecule has 4 rings (SSSR count). The first-order valence-electron chi connectivity index (χ1n) is 11.1. The Labute approximate surface area is 192 Å². The van der Waals surface area contributed by atoms with Crippen LogP contribution >= 0.6 is 0 Å². The summed E-state index contributed by atoms with van der Waals surface area (Å²) in [5.74, 6) is -1.81. The zero-order chi connectivity index (χ0) is 23.4. The number of rotatable bonds is 8. The fourth-order valence-corrected chi connectivity index (χ4v) is 4.85. The van der Waals surface area contributed by atoms with Gasteiger partial charge in [0, 0.05) is 13.0 Å². The lowest BCUT2D eigenvalue weighted by Gasteiger charge is -2.30. The molecule has 1 atom stereocenters. The van der Waals surface area contributed by atoms with Crippen molar-refractivity contribution in [1.82, 2.24) is 10.6 Å². The Kier molecular flexibility index (Phi) is 6.65. The van der Waals surface area contributed by atoms with E-state index in [1.165, 1.54) is 7.11 Å². The molecule has 0 bridgehead atoms. The topological polar surface area (TPSA) is 114 Å². The van der Waals surface area contributed by atoms with Crippen molar-refractivity contribution in [1.29, 1.82) is 0 Å². The van der Waals surface area contributed by atoms with Crippen LogP contribution in [0.1, 0.15) is 42.7 Å². The highest BCUT2D eigenvalue weighted by Crippen LogP contribution is 2.44. The minimum atomic E-state index is -1.19. The summed E-state index contributed by atoms with van der Waals surface area (Å²) in [7, 11) is 1.36. The van der Waals surface area contributed by atoms with Crippen molar-refractivity contribution in [2.75, 3.05) is 20.3 Å². The fraction of sp³-hybridized carbons (Fsp3) is 0.400. The number of methoxy groups -OCH3 is 1. The molecule has 33 heavy (non-hydrogen) atoms. The molecule has 1 fully saturated rings. The molecule has 2 aromatic rings. The minimum absolute atomic E-state index is 0.0883. The molecule has 2 aliphatic rings. The highest BCUT2D eigenvalue weighted by molar-refractivity contribution is 5.93. The molecule has 8 nitrogen and oxygen atoms in total. The summed E-state index contributed by atoms with van der Waals surface area (Å²) >= 11 is 0. The standard InChI is InChI=1S/C25H28N2O6/c1-32-15-21(22(28)29)26-23(30)25(12-6-7-13-25)27-24(31)33-14-20-18-10-4-2-8-16(18)17-9-3-5-11-19(17)20/h2-5,8-11,20-21H,6-7,12-15H2,1H3,(H,26,30)(H,27,31)(H,28,29). The molecule has 2 aliphatic carbocycles. The summed E-state index contributed by atoms with van der Waals surface area (Å²) in [4.78, 5) is 37.2. The molecule has 0 aromatic heterocycles. The molecule has 0 saturated heterocycles. The van der Waals surface area contributed by atoms with Crippen LogP contribution in [0.4, 0.5) is 4.79 Å². The first-order valence-corrected chi connectivity index (χ1v) is 11.1. The van der Waals surface area contributed by atoms with Crippen LogP contribution in [0.5, 0.6) is 0 Å². The van der Waals surface area contributed by atoms with E-state index < -0.39 is 29.6 Å². The smallest absolute Gasteiger partial charge is 0.408 e. The maximum Gasteiger partial charge on any atom is 0.408 e. The van der Waals surface area contributed by atoms with Crippen molar-refractivity contribution < 1.29 is 29.0 Å². The molecule has 0 radical (unpaired) electrons. The summed E-state index contributed by atoms with van der Waals surface area (Å²) in [5.41, 5.74) is 3.27. The lowest BCUT2D eigenvalue weighted by Crippen LogP contribution is -2.60. The maximum atomic E-state index is 13.0. The van der Waals surface area contributed by atoms with Crippen LogP contribution in [-0.2, 0) is 19.1 Å². The number of ether oxygens (including phenoxy) is 2. The Morgan fingerprint density at radius 3 is 2.15 bits per heavy atom. The molecular weight excluding hydrogens is 424 g/mol. The Balaban J connectivity index is 1.44. The van der Waals surface area contributed by atoms with Gasteiger partial charge in [-0.2, -0.15) is 0 Å². The minimum Gasteiger partial charge on any atom is -0.480 e. The highest BCUT2D eigenvalue weighted by atomic mass is 16.5. The predicted octanol–water partition coefficient (Wildman–Crippen LogP) is 3.05. The van der Waals surface area contributed by atoms with Crippen LogP contribution in [0.3, 0.4) is 0 Å². The normalized spacial score (nSPS) is 17.0. The average Bonchev–Trinajstić information content (AvgIpc) is 3.41. The van der Waals surface area contributed by atoms with Gasteiger partial charge >= 0.3 is 12.1 Å². The van der Waals surface area contributed by atoms with Gasteiger partial charge in [0.1, 0.15) is 12.1 Å². The number of carbonyl (C=O) groups is 3. The average molecular weight is 453 g/mol. The van der Waals surface area contributed by atoms with Crippen molar-refractivity contribution >= 4 is 18.0 Å². The number of hydrogen-bond donors (Lipinski definition) is 3. The molecule has 1 unspecified atom stereocenters. The van der Waals surface area contributed by atoms with Gasteiger partial charge in [0.25, 0.3) is 0 Å². The molecule has 0 aliphatic heterocycles. The number of alkyl carbamates (subject to hydrolysis) is 1. The maximum absolute atomic E-state index is 13.0. The lowest BCUT2D eigenvalue weighted by atomic mass is 9.96. The second-order valence-electron chi connectivity index (χ2n) is 8.56. The summed E-state index contributed by atoms with van der Waals surface area (Å²) in [6.07, 6.45) is 1.65. The van der Waals surface area contributed by atoms with E-state index in [0.29, 0.717) is 12.8 Å². The third-order valence-corrected chi connectivity index (χ3v) is 6.51. The zero-order valence-electron chi connectivity index (χ0n) is 18.5.